The Balaban J connectivity index is 0.000000980. The van der Waals surface area contributed by atoms with Crippen molar-refractivity contribution < 1.29 is 4.74 Å². The standard InChI is InChI=1S/C11H21NO.ClH/c1-9-2-5-11(6-3-9)7-4-10(8-12)13-11;/h9-10H,2-8,12H2,1H3;1H. The molecule has 1 saturated heterocycles. The van der Waals surface area contributed by atoms with Crippen molar-refractivity contribution in [3.05, 3.63) is 0 Å². The maximum absolute atomic E-state index is 6.06. The van der Waals surface area contributed by atoms with Crippen LogP contribution in [0.3, 0.4) is 0 Å². The molecule has 2 N–H and O–H groups in total. The molecule has 3 heteroatoms. The Hall–Kier alpha value is 0.210. The minimum atomic E-state index is 0. The Morgan fingerprint density at radius 1 is 1.21 bits per heavy atom. The molecule has 1 heterocycles. The first-order valence-corrected chi connectivity index (χ1v) is 5.62. The minimum Gasteiger partial charge on any atom is -0.370 e. The van der Waals surface area contributed by atoms with E-state index in [0.29, 0.717) is 12.6 Å². The summed E-state index contributed by atoms with van der Waals surface area (Å²) in [4.78, 5) is 0. The molecular formula is C11H22ClNO. The van der Waals surface area contributed by atoms with E-state index in [0.717, 1.165) is 5.92 Å². The van der Waals surface area contributed by atoms with E-state index in [-0.39, 0.29) is 18.0 Å². The van der Waals surface area contributed by atoms with Crippen molar-refractivity contribution in [3.63, 3.8) is 0 Å². The Labute approximate surface area is 93.0 Å². The average molecular weight is 220 g/mol. The van der Waals surface area contributed by atoms with Gasteiger partial charge in [-0.3, -0.25) is 0 Å². The Morgan fingerprint density at radius 3 is 2.29 bits per heavy atom. The minimum absolute atomic E-state index is 0. The summed E-state index contributed by atoms with van der Waals surface area (Å²) in [7, 11) is 0. The van der Waals surface area contributed by atoms with Crippen molar-refractivity contribution >= 4 is 12.4 Å². The second-order valence-corrected chi connectivity index (χ2v) is 4.88. The van der Waals surface area contributed by atoms with Crippen LogP contribution in [-0.4, -0.2) is 18.2 Å². The molecule has 1 aliphatic heterocycles. The van der Waals surface area contributed by atoms with Gasteiger partial charge in [0.15, 0.2) is 0 Å². The van der Waals surface area contributed by atoms with Gasteiger partial charge in [0, 0.05) is 6.54 Å². The van der Waals surface area contributed by atoms with E-state index in [1.807, 2.05) is 0 Å². The van der Waals surface area contributed by atoms with Gasteiger partial charge >= 0.3 is 0 Å². The average Bonchev–Trinajstić information content (AvgIpc) is 2.55. The molecular weight excluding hydrogens is 198 g/mol. The molecule has 0 radical (unpaired) electrons. The first kappa shape index (κ1) is 12.3. The van der Waals surface area contributed by atoms with Crippen LogP contribution in [0.5, 0.6) is 0 Å². The van der Waals surface area contributed by atoms with E-state index in [4.69, 9.17) is 10.5 Å². The Bertz CT molecular complexity index is 178. The van der Waals surface area contributed by atoms with Crippen molar-refractivity contribution in [1.82, 2.24) is 0 Å². The molecule has 1 aliphatic carbocycles. The molecule has 1 atom stereocenters. The van der Waals surface area contributed by atoms with Crippen LogP contribution in [-0.2, 0) is 4.74 Å². The SMILES string of the molecule is CC1CCC2(CC1)CCC(CN)O2.Cl. The summed E-state index contributed by atoms with van der Waals surface area (Å²) in [6.07, 6.45) is 8.02. The summed E-state index contributed by atoms with van der Waals surface area (Å²) in [6, 6.07) is 0. The van der Waals surface area contributed by atoms with Gasteiger partial charge in [0.2, 0.25) is 0 Å². The predicted octanol–water partition coefficient (Wildman–Crippen LogP) is 2.49. The first-order valence-electron chi connectivity index (χ1n) is 5.62. The molecule has 0 aromatic heterocycles. The van der Waals surface area contributed by atoms with Gasteiger partial charge in [-0.25, -0.2) is 0 Å². The van der Waals surface area contributed by atoms with Crippen molar-refractivity contribution in [1.29, 1.82) is 0 Å². The molecule has 0 amide bonds. The highest BCUT2D eigenvalue weighted by Crippen LogP contribution is 2.43. The Kier molecular flexibility index (Phi) is 4.23. The van der Waals surface area contributed by atoms with Crippen LogP contribution < -0.4 is 5.73 Å². The lowest BCUT2D eigenvalue weighted by Crippen LogP contribution is -2.35. The lowest BCUT2D eigenvalue weighted by molar-refractivity contribution is -0.0667. The van der Waals surface area contributed by atoms with E-state index in [2.05, 4.69) is 6.92 Å². The number of hydrogen-bond acceptors (Lipinski definition) is 2. The molecule has 1 spiro atoms. The molecule has 2 fully saturated rings. The third kappa shape index (κ3) is 2.41. The summed E-state index contributed by atoms with van der Waals surface area (Å²) in [5.41, 5.74) is 5.87. The van der Waals surface area contributed by atoms with Gasteiger partial charge in [0.25, 0.3) is 0 Å². The van der Waals surface area contributed by atoms with E-state index in [9.17, 15) is 0 Å². The van der Waals surface area contributed by atoms with Crippen molar-refractivity contribution in [2.45, 2.75) is 57.2 Å². The maximum Gasteiger partial charge on any atom is 0.0705 e. The fourth-order valence-electron chi connectivity index (χ4n) is 2.72. The number of nitrogens with two attached hydrogens (primary N) is 1. The zero-order chi connectivity index (χ0) is 9.31. The van der Waals surface area contributed by atoms with E-state index in [1.54, 1.807) is 0 Å². The second kappa shape index (κ2) is 4.82. The number of halogens is 1. The van der Waals surface area contributed by atoms with Crippen LogP contribution in [0.1, 0.15) is 45.4 Å². The van der Waals surface area contributed by atoms with Gasteiger partial charge in [-0.1, -0.05) is 6.92 Å². The Morgan fingerprint density at radius 2 is 1.79 bits per heavy atom. The van der Waals surface area contributed by atoms with Gasteiger partial charge in [-0.15, -0.1) is 12.4 Å². The molecule has 0 bridgehead atoms. The van der Waals surface area contributed by atoms with Crippen LogP contribution in [0.4, 0.5) is 0 Å². The fraction of sp³-hybridized carbons (Fsp3) is 1.00. The first-order chi connectivity index (χ1) is 6.24. The van der Waals surface area contributed by atoms with Crippen molar-refractivity contribution in [2.24, 2.45) is 11.7 Å². The van der Waals surface area contributed by atoms with E-state index >= 15 is 0 Å². The third-order valence-corrected chi connectivity index (χ3v) is 3.79. The van der Waals surface area contributed by atoms with Crippen molar-refractivity contribution in [2.75, 3.05) is 6.54 Å². The lowest BCUT2D eigenvalue weighted by atomic mass is 9.78. The van der Waals surface area contributed by atoms with Gasteiger partial charge in [-0.05, 0) is 44.4 Å². The quantitative estimate of drug-likeness (QED) is 0.736. The fourth-order valence-corrected chi connectivity index (χ4v) is 2.72. The predicted molar refractivity (Wildman–Crippen MR) is 60.8 cm³/mol. The maximum atomic E-state index is 6.06. The molecule has 14 heavy (non-hydrogen) atoms. The van der Waals surface area contributed by atoms with Crippen LogP contribution in [0.2, 0.25) is 0 Å². The smallest absolute Gasteiger partial charge is 0.0705 e. The molecule has 1 unspecified atom stereocenters. The summed E-state index contributed by atoms with van der Waals surface area (Å²) in [5, 5.41) is 0. The van der Waals surface area contributed by atoms with Gasteiger partial charge < -0.3 is 10.5 Å². The molecule has 0 aromatic carbocycles. The highest BCUT2D eigenvalue weighted by atomic mass is 35.5. The molecule has 2 aliphatic rings. The lowest BCUT2D eigenvalue weighted by Gasteiger charge is -2.36. The zero-order valence-electron chi connectivity index (χ0n) is 9.00. The number of hydrogen-bond donors (Lipinski definition) is 1. The van der Waals surface area contributed by atoms with E-state index in [1.165, 1.54) is 38.5 Å². The summed E-state index contributed by atoms with van der Waals surface area (Å²) < 4.78 is 6.06. The summed E-state index contributed by atoms with van der Waals surface area (Å²) in [6.45, 7) is 3.06. The van der Waals surface area contributed by atoms with E-state index < -0.39 is 0 Å². The molecule has 1 saturated carbocycles. The highest BCUT2D eigenvalue weighted by molar-refractivity contribution is 5.85. The summed E-state index contributed by atoms with van der Waals surface area (Å²) >= 11 is 0. The molecule has 2 nitrogen and oxygen atoms in total. The molecule has 0 aromatic rings. The van der Waals surface area contributed by atoms with Gasteiger partial charge in [-0.2, -0.15) is 0 Å². The largest absolute Gasteiger partial charge is 0.370 e. The van der Waals surface area contributed by atoms with Crippen LogP contribution in [0.25, 0.3) is 0 Å². The topological polar surface area (TPSA) is 35.2 Å². The third-order valence-electron chi connectivity index (χ3n) is 3.79. The van der Waals surface area contributed by atoms with Crippen LogP contribution in [0.15, 0.2) is 0 Å². The number of ether oxygens (including phenoxy) is 1. The molecule has 84 valence electrons. The second-order valence-electron chi connectivity index (χ2n) is 4.88. The number of rotatable bonds is 1. The van der Waals surface area contributed by atoms with Crippen molar-refractivity contribution in [3.8, 4) is 0 Å². The van der Waals surface area contributed by atoms with Crippen LogP contribution >= 0.6 is 12.4 Å². The molecule has 2 rings (SSSR count). The zero-order valence-corrected chi connectivity index (χ0v) is 9.81. The highest BCUT2D eigenvalue weighted by Gasteiger charge is 2.41. The summed E-state index contributed by atoms with van der Waals surface area (Å²) in [5.74, 6) is 0.908. The van der Waals surface area contributed by atoms with Gasteiger partial charge in [0.05, 0.1) is 11.7 Å². The monoisotopic (exact) mass is 219 g/mol. The van der Waals surface area contributed by atoms with Gasteiger partial charge in [0.1, 0.15) is 0 Å². The normalized spacial score (nSPS) is 42.4. The van der Waals surface area contributed by atoms with Crippen LogP contribution in [0, 0.1) is 5.92 Å².